The summed E-state index contributed by atoms with van der Waals surface area (Å²) >= 11 is 0. The van der Waals surface area contributed by atoms with Gasteiger partial charge in [0.15, 0.2) is 0 Å². The second-order valence-corrected chi connectivity index (χ2v) is 6.43. The van der Waals surface area contributed by atoms with Crippen molar-refractivity contribution in [2.24, 2.45) is 5.92 Å². The molecule has 21 heavy (non-hydrogen) atoms. The molecule has 0 fully saturated rings. The maximum atomic E-state index is 12.2. The van der Waals surface area contributed by atoms with Crippen LogP contribution in [0.1, 0.15) is 12.5 Å². The standard InChI is InChI=1S/C17H19NO2S/c1-14(13-21(20)16-10-6-3-7-11-16)17(19)18-12-15-8-4-2-5-9-15/h2-11,14H,12-13H2,1H3,(H,18,19). The van der Waals surface area contributed by atoms with E-state index in [1.165, 1.54) is 0 Å². The van der Waals surface area contributed by atoms with E-state index in [9.17, 15) is 9.00 Å². The van der Waals surface area contributed by atoms with Crippen molar-refractivity contribution in [1.29, 1.82) is 0 Å². The lowest BCUT2D eigenvalue weighted by Crippen LogP contribution is -2.31. The van der Waals surface area contributed by atoms with E-state index in [1.807, 2.05) is 60.7 Å². The Morgan fingerprint density at radius 1 is 1.05 bits per heavy atom. The van der Waals surface area contributed by atoms with Crippen LogP contribution >= 0.6 is 0 Å². The maximum absolute atomic E-state index is 12.2. The third-order valence-corrected chi connectivity index (χ3v) is 4.77. The minimum absolute atomic E-state index is 0.0665. The van der Waals surface area contributed by atoms with E-state index in [0.717, 1.165) is 10.5 Å². The topological polar surface area (TPSA) is 46.2 Å². The molecule has 0 aromatic heterocycles. The summed E-state index contributed by atoms with van der Waals surface area (Å²) in [6.45, 7) is 2.31. The van der Waals surface area contributed by atoms with Gasteiger partial charge in [-0.25, -0.2) is 0 Å². The van der Waals surface area contributed by atoms with Gasteiger partial charge in [-0.3, -0.25) is 9.00 Å². The molecule has 2 unspecified atom stereocenters. The van der Waals surface area contributed by atoms with Gasteiger partial charge in [-0.2, -0.15) is 0 Å². The largest absolute Gasteiger partial charge is 0.352 e. The molecule has 2 aromatic carbocycles. The minimum Gasteiger partial charge on any atom is -0.352 e. The third kappa shape index (κ3) is 4.83. The Kier molecular flexibility index (Phi) is 5.69. The van der Waals surface area contributed by atoms with Crippen LogP contribution in [0.3, 0.4) is 0 Å². The number of carbonyl (C=O) groups excluding carboxylic acids is 1. The van der Waals surface area contributed by atoms with Gasteiger partial charge >= 0.3 is 0 Å². The lowest BCUT2D eigenvalue weighted by molar-refractivity contribution is -0.124. The van der Waals surface area contributed by atoms with Crippen LogP contribution in [0.25, 0.3) is 0 Å². The van der Waals surface area contributed by atoms with Crippen molar-refractivity contribution in [3.05, 3.63) is 66.2 Å². The van der Waals surface area contributed by atoms with Crippen molar-refractivity contribution in [3.63, 3.8) is 0 Å². The quantitative estimate of drug-likeness (QED) is 0.892. The highest BCUT2D eigenvalue weighted by atomic mass is 32.2. The fourth-order valence-corrected chi connectivity index (χ4v) is 3.19. The number of rotatable bonds is 6. The van der Waals surface area contributed by atoms with Gasteiger partial charge < -0.3 is 5.32 Å². The summed E-state index contributed by atoms with van der Waals surface area (Å²) in [7, 11) is -1.14. The minimum atomic E-state index is -1.14. The molecule has 0 aliphatic rings. The number of benzene rings is 2. The van der Waals surface area contributed by atoms with E-state index >= 15 is 0 Å². The smallest absolute Gasteiger partial charge is 0.224 e. The summed E-state index contributed by atoms with van der Waals surface area (Å²) in [5, 5.41) is 2.88. The first-order valence-corrected chi connectivity index (χ1v) is 8.24. The van der Waals surface area contributed by atoms with E-state index in [0.29, 0.717) is 12.3 Å². The number of amides is 1. The highest BCUT2D eigenvalue weighted by molar-refractivity contribution is 7.85. The number of carbonyl (C=O) groups is 1. The number of nitrogens with one attached hydrogen (secondary N) is 1. The molecule has 0 saturated carbocycles. The fraction of sp³-hybridized carbons (Fsp3) is 0.235. The van der Waals surface area contributed by atoms with Crippen LogP contribution in [0.4, 0.5) is 0 Å². The first-order valence-electron chi connectivity index (χ1n) is 6.92. The monoisotopic (exact) mass is 301 g/mol. The molecule has 3 nitrogen and oxygen atoms in total. The van der Waals surface area contributed by atoms with Crippen molar-refractivity contribution in [1.82, 2.24) is 5.32 Å². The van der Waals surface area contributed by atoms with Crippen LogP contribution < -0.4 is 5.32 Å². The van der Waals surface area contributed by atoms with E-state index in [4.69, 9.17) is 0 Å². The first-order chi connectivity index (χ1) is 10.2. The summed E-state index contributed by atoms with van der Waals surface area (Å²) in [5.74, 6) is -0.0112. The summed E-state index contributed by atoms with van der Waals surface area (Å²) < 4.78 is 12.2. The van der Waals surface area contributed by atoms with Crippen LogP contribution in [0.5, 0.6) is 0 Å². The van der Waals surface area contributed by atoms with Gasteiger partial charge in [-0.05, 0) is 17.7 Å². The van der Waals surface area contributed by atoms with Crippen molar-refractivity contribution in [2.75, 3.05) is 5.75 Å². The molecular weight excluding hydrogens is 282 g/mol. The Bertz CT molecular complexity index is 599. The van der Waals surface area contributed by atoms with Gasteiger partial charge in [-0.1, -0.05) is 55.5 Å². The van der Waals surface area contributed by atoms with Crippen molar-refractivity contribution in [2.45, 2.75) is 18.4 Å². The molecule has 0 bridgehead atoms. The summed E-state index contributed by atoms with van der Waals surface area (Å²) in [6.07, 6.45) is 0. The Morgan fingerprint density at radius 2 is 1.62 bits per heavy atom. The lowest BCUT2D eigenvalue weighted by atomic mass is 10.2. The Labute approximate surface area is 127 Å². The average Bonchev–Trinajstić information content (AvgIpc) is 2.54. The van der Waals surface area contributed by atoms with Gasteiger partial charge in [0.2, 0.25) is 5.91 Å². The highest BCUT2D eigenvalue weighted by Crippen LogP contribution is 2.10. The highest BCUT2D eigenvalue weighted by Gasteiger charge is 2.16. The van der Waals surface area contributed by atoms with Crippen LogP contribution in [0.15, 0.2) is 65.6 Å². The predicted octanol–water partition coefficient (Wildman–Crippen LogP) is 2.75. The van der Waals surface area contributed by atoms with E-state index in [-0.39, 0.29) is 11.8 Å². The van der Waals surface area contributed by atoms with Gasteiger partial charge in [0.1, 0.15) is 0 Å². The van der Waals surface area contributed by atoms with Gasteiger partial charge in [-0.15, -0.1) is 0 Å². The number of hydrogen-bond donors (Lipinski definition) is 1. The molecule has 2 atom stereocenters. The first kappa shape index (κ1) is 15.4. The predicted molar refractivity (Wildman–Crippen MR) is 85.2 cm³/mol. The second kappa shape index (κ2) is 7.74. The van der Waals surface area contributed by atoms with E-state index in [1.54, 1.807) is 6.92 Å². The Balaban J connectivity index is 1.84. The molecule has 2 aromatic rings. The molecule has 4 heteroatoms. The summed E-state index contributed by atoms with van der Waals surface area (Å²) in [4.78, 5) is 12.8. The van der Waals surface area contributed by atoms with Crippen LogP contribution in [-0.4, -0.2) is 15.9 Å². The second-order valence-electron chi connectivity index (χ2n) is 4.93. The zero-order chi connectivity index (χ0) is 15.1. The van der Waals surface area contributed by atoms with E-state index in [2.05, 4.69) is 5.32 Å². The molecule has 110 valence electrons. The van der Waals surface area contributed by atoms with Crippen LogP contribution in [0, 0.1) is 5.92 Å². The summed E-state index contributed by atoms with van der Waals surface area (Å²) in [6, 6.07) is 19.0. The van der Waals surface area contributed by atoms with Crippen molar-refractivity contribution >= 4 is 16.7 Å². The molecule has 0 aliphatic carbocycles. The fourth-order valence-electron chi connectivity index (χ4n) is 1.93. The molecule has 0 heterocycles. The van der Waals surface area contributed by atoms with Gasteiger partial charge in [0.25, 0.3) is 0 Å². The molecule has 0 saturated heterocycles. The van der Waals surface area contributed by atoms with Gasteiger partial charge in [0.05, 0.1) is 10.8 Å². The average molecular weight is 301 g/mol. The molecule has 2 rings (SSSR count). The maximum Gasteiger partial charge on any atom is 0.224 e. The molecule has 1 N–H and O–H groups in total. The van der Waals surface area contributed by atoms with Crippen molar-refractivity contribution in [3.8, 4) is 0 Å². The van der Waals surface area contributed by atoms with Crippen molar-refractivity contribution < 1.29 is 9.00 Å². The van der Waals surface area contributed by atoms with Crippen LogP contribution in [0.2, 0.25) is 0 Å². The van der Waals surface area contributed by atoms with Crippen LogP contribution in [-0.2, 0) is 22.1 Å². The zero-order valence-corrected chi connectivity index (χ0v) is 12.8. The normalized spacial score (nSPS) is 13.4. The zero-order valence-electron chi connectivity index (χ0n) is 12.0. The molecule has 1 amide bonds. The molecule has 0 radical (unpaired) electrons. The summed E-state index contributed by atoms with van der Waals surface area (Å²) in [5.41, 5.74) is 1.06. The molecule has 0 aliphatic heterocycles. The molecular formula is C17H19NO2S. The Morgan fingerprint density at radius 3 is 2.24 bits per heavy atom. The lowest BCUT2D eigenvalue weighted by Gasteiger charge is -2.12. The number of hydrogen-bond acceptors (Lipinski definition) is 2. The van der Waals surface area contributed by atoms with Gasteiger partial charge in [0, 0.05) is 23.1 Å². The SMILES string of the molecule is CC(CS(=O)c1ccccc1)C(=O)NCc1ccccc1. The third-order valence-electron chi connectivity index (χ3n) is 3.16. The molecule has 0 spiro atoms. The van der Waals surface area contributed by atoms with E-state index < -0.39 is 10.8 Å². The Hall–Kier alpha value is -1.94.